The van der Waals surface area contributed by atoms with Crippen molar-refractivity contribution < 1.29 is 8.42 Å². The Balaban J connectivity index is 3.04. The van der Waals surface area contributed by atoms with E-state index in [1.807, 2.05) is 6.07 Å². The number of rotatable bonds is 7. The molecule has 0 unspecified atom stereocenters. The average molecular weight is 276 g/mol. The zero-order chi connectivity index (χ0) is 14.3. The number of nitrogens with zero attached hydrogens (tertiary/aromatic N) is 2. The van der Waals surface area contributed by atoms with Crippen LogP contribution in [0.5, 0.6) is 0 Å². The second kappa shape index (κ2) is 6.88. The van der Waals surface area contributed by atoms with E-state index >= 15 is 0 Å². The zero-order valence-corrected chi connectivity index (χ0v) is 11.4. The molecular weight excluding hydrogens is 260 g/mol. The molecule has 0 bridgehead atoms. The summed E-state index contributed by atoms with van der Waals surface area (Å²) in [6.07, 6.45) is 3.05. The molecule has 0 amide bonds. The normalized spacial score (nSPS) is 10.9. The summed E-state index contributed by atoms with van der Waals surface area (Å²) in [7, 11) is -3.49. The molecule has 0 saturated carbocycles. The van der Waals surface area contributed by atoms with Gasteiger partial charge in [-0.2, -0.15) is 9.57 Å². The maximum absolute atomic E-state index is 12.3. The molecule has 0 fully saturated rings. The van der Waals surface area contributed by atoms with Gasteiger partial charge in [-0.05, 0) is 11.6 Å². The molecule has 1 aromatic rings. The summed E-state index contributed by atoms with van der Waals surface area (Å²) in [5.41, 5.74) is 0.881. The number of sulfonamides is 1. The van der Waals surface area contributed by atoms with Crippen molar-refractivity contribution in [2.75, 3.05) is 13.1 Å². The minimum atomic E-state index is -3.49. The average Bonchev–Trinajstić information content (AvgIpc) is 2.38. The van der Waals surface area contributed by atoms with E-state index in [1.165, 1.54) is 16.5 Å². The Bertz CT molecular complexity index is 590. The van der Waals surface area contributed by atoms with Crippen molar-refractivity contribution in [2.24, 2.45) is 0 Å². The standard InChI is InChI=1S/C14H16N2O2S/c1-3-9-16(10-4-2)19(17,18)12-14-8-6-5-7-13(14)11-15/h3-8H,1-2,9-10,12H2. The molecule has 0 saturated heterocycles. The van der Waals surface area contributed by atoms with Gasteiger partial charge in [0.25, 0.3) is 0 Å². The van der Waals surface area contributed by atoms with E-state index < -0.39 is 10.0 Å². The molecule has 5 heteroatoms. The third kappa shape index (κ3) is 4.05. The van der Waals surface area contributed by atoms with E-state index in [4.69, 9.17) is 5.26 Å². The summed E-state index contributed by atoms with van der Waals surface area (Å²) in [6.45, 7) is 7.54. The predicted molar refractivity (Wildman–Crippen MR) is 75.7 cm³/mol. The Morgan fingerprint density at radius 3 is 2.32 bits per heavy atom. The summed E-state index contributed by atoms with van der Waals surface area (Å²) in [5, 5.41) is 8.97. The van der Waals surface area contributed by atoms with Gasteiger partial charge >= 0.3 is 0 Å². The minimum absolute atomic E-state index is 0.196. The highest BCUT2D eigenvalue weighted by molar-refractivity contribution is 7.88. The molecule has 19 heavy (non-hydrogen) atoms. The molecule has 1 aromatic carbocycles. The van der Waals surface area contributed by atoms with Crippen molar-refractivity contribution in [1.29, 1.82) is 5.26 Å². The Morgan fingerprint density at radius 2 is 1.79 bits per heavy atom. The van der Waals surface area contributed by atoms with Crippen LogP contribution in [0.3, 0.4) is 0 Å². The van der Waals surface area contributed by atoms with Crippen molar-refractivity contribution >= 4 is 10.0 Å². The van der Waals surface area contributed by atoms with Gasteiger partial charge in [0.2, 0.25) is 10.0 Å². The molecule has 0 aromatic heterocycles. The van der Waals surface area contributed by atoms with Crippen LogP contribution in [0.25, 0.3) is 0 Å². The number of nitriles is 1. The molecule has 4 nitrogen and oxygen atoms in total. The molecule has 0 aliphatic carbocycles. The zero-order valence-electron chi connectivity index (χ0n) is 10.6. The van der Waals surface area contributed by atoms with E-state index in [2.05, 4.69) is 13.2 Å². The summed E-state index contributed by atoms with van der Waals surface area (Å²) in [4.78, 5) is 0. The third-order valence-corrected chi connectivity index (χ3v) is 4.30. The maximum Gasteiger partial charge on any atom is 0.218 e. The molecule has 0 aliphatic heterocycles. The topological polar surface area (TPSA) is 61.2 Å². The third-order valence-electron chi connectivity index (χ3n) is 2.53. The highest BCUT2D eigenvalue weighted by Gasteiger charge is 2.21. The Hall–Kier alpha value is -1.90. The van der Waals surface area contributed by atoms with Crippen LogP contribution >= 0.6 is 0 Å². The van der Waals surface area contributed by atoms with E-state index in [0.29, 0.717) is 11.1 Å². The highest BCUT2D eigenvalue weighted by Crippen LogP contribution is 2.14. The minimum Gasteiger partial charge on any atom is -0.212 e. The van der Waals surface area contributed by atoms with Crippen LogP contribution in [0.15, 0.2) is 49.6 Å². The van der Waals surface area contributed by atoms with Crippen LogP contribution in [0.4, 0.5) is 0 Å². The summed E-state index contributed by atoms with van der Waals surface area (Å²) in [5.74, 6) is -0.196. The maximum atomic E-state index is 12.3. The van der Waals surface area contributed by atoms with Gasteiger partial charge in [-0.15, -0.1) is 13.2 Å². The molecule has 100 valence electrons. The lowest BCUT2D eigenvalue weighted by atomic mass is 10.1. The van der Waals surface area contributed by atoms with Crippen LogP contribution < -0.4 is 0 Å². The van der Waals surface area contributed by atoms with Gasteiger partial charge in [-0.3, -0.25) is 0 Å². The smallest absolute Gasteiger partial charge is 0.212 e. The first-order valence-electron chi connectivity index (χ1n) is 5.72. The molecule has 0 aliphatic rings. The van der Waals surface area contributed by atoms with Gasteiger partial charge in [-0.1, -0.05) is 30.4 Å². The van der Waals surface area contributed by atoms with E-state index in [-0.39, 0.29) is 18.8 Å². The van der Waals surface area contributed by atoms with E-state index in [0.717, 1.165) is 0 Å². The molecule has 0 N–H and O–H groups in total. The second-order valence-electron chi connectivity index (χ2n) is 3.92. The van der Waals surface area contributed by atoms with Crippen molar-refractivity contribution in [3.63, 3.8) is 0 Å². The van der Waals surface area contributed by atoms with Gasteiger partial charge in [0, 0.05) is 13.1 Å². The predicted octanol–water partition coefficient (Wildman–Crippen LogP) is 2.06. The van der Waals surface area contributed by atoms with Crippen molar-refractivity contribution in [1.82, 2.24) is 4.31 Å². The lowest BCUT2D eigenvalue weighted by Gasteiger charge is -2.19. The van der Waals surface area contributed by atoms with Crippen LogP contribution in [0.2, 0.25) is 0 Å². The van der Waals surface area contributed by atoms with Crippen LogP contribution in [0, 0.1) is 11.3 Å². The van der Waals surface area contributed by atoms with E-state index in [9.17, 15) is 8.42 Å². The first-order valence-corrected chi connectivity index (χ1v) is 7.33. The highest BCUT2D eigenvalue weighted by atomic mass is 32.2. The van der Waals surface area contributed by atoms with Crippen LogP contribution in [0.1, 0.15) is 11.1 Å². The largest absolute Gasteiger partial charge is 0.218 e. The molecule has 0 heterocycles. The number of hydrogen-bond donors (Lipinski definition) is 0. The van der Waals surface area contributed by atoms with Crippen LogP contribution in [-0.4, -0.2) is 25.8 Å². The van der Waals surface area contributed by atoms with E-state index in [1.54, 1.807) is 24.3 Å². The summed E-state index contributed by atoms with van der Waals surface area (Å²) in [6, 6.07) is 8.68. The second-order valence-corrected chi connectivity index (χ2v) is 5.89. The number of hydrogen-bond acceptors (Lipinski definition) is 3. The summed E-state index contributed by atoms with van der Waals surface area (Å²) >= 11 is 0. The Labute approximate surface area is 114 Å². The lowest BCUT2D eigenvalue weighted by molar-refractivity contribution is 0.473. The fourth-order valence-corrected chi connectivity index (χ4v) is 3.13. The Kier molecular flexibility index (Phi) is 5.49. The van der Waals surface area contributed by atoms with Crippen molar-refractivity contribution in [3.05, 3.63) is 60.7 Å². The molecular formula is C14H16N2O2S. The van der Waals surface area contributed by atoms with Crippen molar-refractivity contribution in [3.8, 4) is 6.07 Å². The van der Waals surface area contributed by atoms with Gasteiger partial charge in [0.15, 0.2) is 0 Å². The fraction of sp³-hybridized carbons (Fsp3) is 0.214. The monoisotopic (exact) mass is 276 g/mol. The molecule has 0 spiro atoms. The first kappa shape index (κ1) is 15.2. The van der Waals surface area contributed by atoms with Gasteiger partial charge in [-0.25, -0.2) is 8.42 Å². The number of benzene rings is 1. The Morgan fingerprint density at radius 1 is 1.21 bits per heavy atom. The summed E-state index contributed by atoms with van der Waals surface area (Å²) < 4.78 is 25.8. The van der Waals surface area contributed by atoms with Gasteiger partial charge in [0.05, 0.1) is 17.4 Å². The van der Waals surface area contributed by atoms with Gasteiger partial charge < -0.3 is 0 Å². The molecule has 0 atom stereocenters. The fourth-order valence-electron chi connectivity index (χ4n) is 1.63. The van der Waals surface area contributed by atoms with Crippen LogP contribution in [-0.2, 0) is 15.8 Å². The molecule has 1 rings (SSSR count). The first-order chi connectivity index (χ1) is 9.05. The lowest BCUT2D eigenvalue weighted by Crippen LogP contribution is -2.32. The molecule has 0 radical (unpaired) electrons. The van der Waals surface area contributed by atoms with Crippen molar-refractivity contribution in [2.45, 2.75) is 5.75 Å². The quantitative estimate of drug-likeness (QED) is 0.716. The van der Waals surface area contributed by atoms with Gasteiger partial charge in [0.1, 0.15) is 0 Å². The SMILES string of the molecule is C=CCN(CC=C)S(=O)(=O)Cc1ccccc1C#N.